The van der Waals surface area contributed by atoms with Crippen molar-refractivity contribution in [3.63, 3.8) is 0 Å². The van der Waals surface area contributed by atoms with Crippen LogP contribution in [0.4, 0.5) is 0 Å². The van der Waals surface area contributed by atoms with Crippen LogP contribution in [0.15, 0.2) is 49.4 Å². The molecule has 0 atom stereocenters. The van der Waals surface area contributed by atoms with Crippen LogP contribution in [0.5, 0.6) is 0 Å². The summed E-state index contributed by atoms with van der Waals surface area (Å²) < 4.78 is 1.88. The van der Waals surface area contributed by atoms with Crippen molar-refractivity contribution in [3.8, 4) is 11.6 Å². The van der Waals surface area contributed by atoms with Gasteiger partial charge in [-0.1, -0.05) is 0 Å². The van der Waals surface area contributed by atoms with Crippen LogP contribution < -0.4 is 5.32 Å². The zero-order valence-corrected chi connectivity index (χ0v) is 11.6. The molecule has 0 aromatic carbocycles. The number of hydrogen-bond donors (Lipinski definition) is 1. The van der Waals surface area contributed by atoms with E-state index in [1.54, 1.807) is 24.7 Å². The molecule has 22 heavy (non-hydrogen) atoms. The van der Waals surface area contributed by atoms with E-state index in [1.165, 1.54) is 18.6 Å². The minimum atomic E-state index is -0.259. The fraction of sp³-hybridized carbons (Fsp3) is 0.143. The highest BCUT2D eigenvalue weighted by Gasteiger charge is 2.09. The van der Waals surface area contributed by atoms with Gasteiger partial charge in [-0.3, -0.25) is 9.78 Å². The Bertz CT molecular complexity index is 742. The standard InChI is InChI=1S/C14H13N7O/c22-14(11-10-15-4-5-16-11)20-7-9-21-8-6-19-13(21)12-17-2-1-3-18-12/h1-6,8,10H,7,9H2,(H,20,22). The van der Waals surface area contributed by atoms with Gasteiger partial charge in [-0.05, 0) is 6.07 Å². The van der Waals surface area contributed by atoms with Gasteiger partial charge < -0.3 is 9.88 Å². The van der Waals surface area contributed by atoms with Gasteiger partial charge in [-0.15, -0.1) is 0 Å². The lowest BCUT2D eigenvalue weighted by Gasteiger charge is -2.08. The third kappa shape index (κ3) is 3.11. The molecule has 110 valence electrons. The lowest BCUT2D eigenvalue weighted by molar-refractivity contribution is 0.0947. The van der Waals surface area contributed by atoms with E-state index in [1.807, 2.05) is 10.8 Å². The Hall–Kier alpha value is -3.16. The summed E-state index contributed by atoms with van der Waals surface area (Å²) in [7, 11) is 0. The number of aromatic nitrogens is 6. The highest BCUT2D eigenvalue weighted by Crippen LogP contribution is 2.10. The Morgan fingerprint density at radius 3 is 2.68 bits per heavy atom. The molecular formula is C14H13N7O. The first-order valence-corrected chi connectivity index (χ1v) is 6.67. The van der Waals surface area contributed by atoms with Crippen LogP contribution in [0, 0.1) is 0 Å². The van der Waals surface area contributed by atoms with Gasteiger partial charge in [0.15, 0.2) is 11.6 Å². The van der Waals surface area contributed by atoms with Crippen molar-refractivity contribution >= 4 is 5.91 Å². The summed E-state index contributed by atoms with van der Waals surface area (Å²) in [6.45, 7) is 0.991. The van der Waals surface area contributed by atoms with Gasteiger partial charge in [0.2, 0.25) is 0 Å². The third-order valence-corrected chi connectivity index (χ3v) is 2.92. The molecule has 1 N–H and O–H groups in total. The molecule has 3 rings (SSSR count). The van der Waals surface area contributed by atoms with Gasteiger partial charge in [0.25, 0.3) is 5.91 Å². The van der Waals surface area contributed by atoms with Gasteiger partial charge in [0.05, 0.1) is 6.20 Å². The maximum Gasteiger partial charge on any atom is 0.271 e. The molecule has 0 bridgehead atoms. The van der Waals surface area contributed by atoms with Crippen molar-refractivity contribution in [2.75, 3.05) is 6.54 Å². The van der Waals surface area contributed by atoms with E-state index in [0.717, 1.165) is 0 Å². The second kappa shape index (κ2) is 6.53. The van der Waals surface area contributed by atoms with Gasteiger partial charge >= 0.3 is 0 Å². The molecule has 8 nitrogen and oxygen atoms in total. The summed E-state index contributed by atoms with van der Waals surface area (Å²) in [6, 6.07) is 1.75. The fourth-order valence-electron chi connectivity index (χ4n) is 1.91. The molecule has 0 aliphatic carbocycles. The largest absolute Gasteiger partial charge is 0.349 e. The predicted octanol–water partition coefficient (Wildman–Crippen LogP) is 0.560. The third-order valence-electron chi connectivity index (χ3n) is 2.92. The molecule has 0 saturated carbocycles. The average molecular weight is 295 g/mol. The fourth-order valence-corrected chi connectivity index (χ4v) is 1.91. The van der Waals surface area contributed by atoms with E-state index in [0.29, 0.717) is 30.4 Å². The van der Waals surface area contributed by atoms with Gasteiger partial charge in [0, 0.05) is 50.3 Å². The van der Waals surface area contributed by atoms with Crippen LogP contribution in [-0.4, -0.2) is 41.9 Å². The number of nitrogens with zero attached hydrogens (tertiary/aromatic N) is 6. The molecule has 8 heteroatoms. The molecule has 3 heterocycles. The zero-order valence-electron chi connectivity index (χ0n) is 11.6. The smallest absolute Gasteiger partial charge is 0.271 e. The van der Waals surface area contributed by atoms with E-state index < -0.39 is 0 Å². The Balaban J connectivity index is 1.61. The molecule has 3 aromatic rings. The molecule has 0 fully saturated rings. The first-order valence-electron chi connectivity index (χ1n) is 6.67. The van der Waals surface area contributed by atoms with Crippen LogP contribution in [0.2, 0.25) is 0 Å². The van der Waals surface area contributed by atoms with Crippen molar-refractivity contribution in [2.45, 2.75) is 6.54 Å². The normalized spacial score (nSPS) is 10.4. The van der Waals surface area contributed by atoms with E-state index in [2.05, 4.69) is 30.2 Å². The predicted molar refractivity (Wildman–Crippen MR) is 77.6 cm³/mol. The molecule has 3 aromatic heterocycles. The monoisotopic (exact) mass is 295 g/mol. The molecule has 0 spiro atoms. The number of imidazole rings is 1. The highest BCUT2D eigenvalue weighted by atomic mass is 16.1. The second-order valence-electron chi connectivity index (χ2n) is 4.36. The van der Waals surface area contributed by atoms with Crippen LogP contribution in [-0.2, 0) is 6.54 Å². The van der Waals surface area contributed by atoms with Crippen molar-refractivity contribution in [1.29, 1.82) is 0 Å². The molecule has 0 saturated heterocycles. The molecule has 0 aliphatic rings. The van der Waals surface area contributed by atoms with E-state index in [-0.39, 0.29) is 5.91 Å². The van der Waals surface area contributed by atoms with Crippen molar-refractivity contribution in [2.24, 2.45) is 0 Å². The number of rotatable bonds is 5. The first kappa shape index (κ1) is 13.8. The topological polar surface area (TPSA) is 98.5 Å². The average Bonchev–Trinajstić information content (AvgIpc) is 3.05. The number of hydrogen-bond acceptors (Lipinski definition) is 6. The minimum Gasteiger partial charge on any atom is -0.349 e. The summed E-state index contributed by atoms with van der Waals surface area (Å²) in [5, 5.41) is 2.79. The number of carbonyl (C=O) groups is 1. The summed E-state index contributed by atoms with van der Waals surface area (Å²) in [6.07, 6.45) is 11.3. The highest BCUT2D eigenvalue weighted by molar-refractivity contribution is 5.91. The Morgan fingerprint density at radius 1 is 1.05 bits per heavy atom. The minimum absolute atomic E-state index is 0.259. The van der Waals surface area contributed by atoms with Crippen LogP contribution in [0.1, 0.15) is 10.5 Å². The van der Waals surface area contributed by atoms with E-state index >= 15 is 0 Å². The van der Waals surface area contributed by atoms with Crippen LogP contribution in [0.3, 0.4) is 0 Å². The van der Waals surface area contributed by atoms with Crippen LogP contribution >= 0.6 is 0 Å². The zero-order chi connectivity index (χ0) is 15.2. The number of nitrogens with one attached hydrogen (secondary N) is 1. The lowest BCUT2D eigenvalue weighted by atomic mass is 10.4. The molecular weight excluding hydrogens is 282 g/mol. The molecule has 0 radical (unpaired) electrons. The van der Waals surface area contributed by atoms with Crippen molar-refractivity contribution in [3.05, 3.63) is 55.1 Å². The maximum absolute atomic E-state index is 11.9. The Labute approximate surface area is 126 Å². The Morgan fingerprint density at radius 2 is 1.91 bits per heavy atom. The maximum atomic E-state index is 11.9. The first-order chi connectivity index (χ1) is 10.8. The lowest BCUT2D eigenvalue weighted by Crippen LogP contribution is -2.28. The molecule has 0 unspecified atom stereocenters. The number of amides is 1. The van der Waals surface area contributed by atoms with Crippen molar-refractivity contribution < 1.29 is 4.79 Å². The quantitative estimate of drug-likeness (QED) is 0.738. The molecule has 0 aliphatic heterocycles. The van der Waals surface area contributed by atoms with E-state index in [4.69, 9.17) is 0 Å². The van der Waals surface area contributed by atoms with Gasteiger partial charge in [-0.2, -0.15) is 0 Å². The second-order valence-corrected chi connectivity index (χ2v) is 4.36. The number of carbonyl (C=O) groups excluding carboxylic acids is 1. The van der Waals surface area contributed by atoms with Gasteiger partial charge in [0.1, 0.15) is 5.69 Å². The van der Waals surface area contributed by atoms with Crippen LogP contribution in [0.25, 0.3) is 11.6 Å². The van der Waals surface area contributed by atoms with E-state index in [9.17, 15) is 4.79 Å². The SMILES string of the molecule is O=C(NCCn1ccnc1-c1ncccn1)c1cnccn1. The van der Waals surface area contributed by atoms with Gasteiger partial charge in [-0.25, -0.2) is 19.9 Å². The summed E-state index contributed by atoms with van der Waals surface area (Å²) in [5.74, 6) is 0.952. The van der Waals surface area contributed by atoms with Crippen molar-refractivity contribution in [1.82, 2.24) is 34.8 Å². The summed E-state index contributed by atoms with van der Waals surface area (Å²) in [4.78, 5) is 32.3. The molecule has 1 amide bonds. The Kier molecular flexibility index (Phi) is 4.10. The summed E-state index contributed by atoms with van der Waals surface area (Å²) >= 11 is 0. The summed E-state index contributed by atoms with van der Waals surface area (Å²) in [5.41, 5.74) is 0.291.